The highest BCUT2D eigenvalue weighted by molar-refractivity contribution is 5.85. The molecular formula is C18H21N3O5. The molecule has 8 nitrogen and oxygen atoms in total. The van der Waals surface area contributed by atoms with Gasteiger partial charge in [0.15, 0.2) is 11.5 Å². The molecule has 0 fully saturated rings. The van der Waals surface area contributed by atoms with Crippen LogP contribution in [-0.4, -0.2) is 45.1 Å². The highest BCUT2D eigenvalue weighted by Gasteiger charge is 2.10. The zero-order valence-electron chi connectivity index (χ0n) is 14.8. The molecule has 8 heteroatoms. The summed E-state index contributed by atoms with van der Waals surface area (Å²) in [6, 6.07) is 10.4. The van der Waals surface area contributed by atoms with Crippen molar-refractivity contribution in [1.82, 2.24) is 5.43 Å². The number of amides is 1. The van der Waals surface area contributed by atoms with E-state index in [1.807, 2.05) is 12.1 Å². The number of benzene rings is 2. The lowest BCUT2D eigenvalue weighted by Gasteiger charge is -2.09. The SMILES string of the molecule is COc1ccc(NCC(=O)N/N=C/c2cc(OC)c(O)c(OC)c2)cc1. The van der Waals surface area contributed by atoms with Crippen LogP contribution in [0.25, 0.3) is 0 Å². The Kier molecular flexibility index (Phi) is 6.67. The van der Waals surface area contributed by atoms with Crippen molar-refractivity contribution in [2.24, 2.45) is 5.10 Å². The molecule has 0 radical (unpaired) electrons. The van der Waals surface area contributed by atoms with Gasteiger partial charge in [0.25, 0.3) is 5.91 Å². The third-order valence-electron chi connectivity index (χ3n) is 3.45. The van der Waals surface area contributed by atoms with Gasteiger partial charge in [0.2, 0.25) is 5.75 Å². The van der Waals surface area contributed by atoms with Crippen LogP contribution in [0.1, 0.15) is 5.56 Å². The normalized spacial score (nSPS) is 10.4. The topological polar surface area (TPSA) is 101 Å². The van der Waals surface area contributed by atoms with E-state index >= 15 is 0 Å². The first-order valence-corrected chi connectivity index (χ1v) is 7.72. The van der Waals surface area contributed by atoms with Crippen LogP contribution in [-0.2, 0) is 4.79 Å². The molecule has 0 spiro atoms. The molecule has 0 aliphatic heterocycles. The molecule has 0 atom stereocenters. The lowest BCUT2D eigenvalue weighted by molar-refractivity contribution is -0.119. The maximum Gasteiger partial charge on any atom is 0.259 e. The largest absolute Gasteiger partial charge is 0.502 e. The summed E-state index contributed by atoms with van der Waals surface area (Å²) >= 11 is 0. The number of phenolic OH excluding ortho intramolecular Hbond substituents is 1. The van der Waals surface area contributed by atoms with Gasteiger partial charge < -0.3 is 24.6 Å². The number of rotatable bonds is 8. The second-order valence-electron chi connectivity index (χ2n) is 5.15. The molecule has 0 aliphatic rings. The number of nitrogens with one attached hydrogen (secondary N) is 2. The van der Waals surface area contributed by atoms with Crippen molar-refractivity contribution < 1.29 is 24.1 Å². The molecule has 0 bridgehead atoms. The van der Waals surface area contributed by atoms with Gasteiger partial charge in [-0.1, -0.05) is 0 Å². The highest BCUT2D eigenvalue weighted by atomic mass is 16.5. The lowest BCUT2D eigenvalue weighted by Crippen LogP contribution is -2.25. The summed E-state index contributed by atoms with van der Waals surface area (Å²) in [6.07, 6.45) is 1.43. The molecule has 1 amide bonds. The van der Waals surface area contributed by atoms with E-state index in [0.717, 1.165) is 11.4 Å². The Morgan fingerprint density at radius 3 is 2.23 bits per heavy atom. The standard InChI is InChI=1S/C18H21N3O5/c1-24-14-6-4-13(5-7-14)19-11-17(22)21-20-10-12-8-15(25-2)18(23)16(9-12)26-3/h4-10,19,23H,11H2,1-3H3,(H,21,22)/b20-10+. The van der Waals surface area contributed by atoms with Gasteiger partial charge in [0, 0.05) is 11.3 Å². The molecule has 0 aliphatic carbocycles. The Balaban J connectivity index is 1.90. The van der Waals surface area contributed by atoms with Gasteiger partial charge in [-0.3, -0.25) is 4.79 Å². The Hall–Kier alpha value is -3.42. The van der Waals surface area contributed by atoms with E-state index in [1.165, 1.54) is 20.4 Å². The van der Waals surface area contributed by atoms with Gasteiger partial charge in [0.05, 0.1) is 34.1 Å². The predicted molar refractivity (Wildman–Crippen MR) is 98.4 cm³/mol. The molecule has 2 rings (SSSR count). The number of carbonyl (C=O) groups excluding carboxylic acids is 1. The molecule has 0 unspecified atom stereocenters. The van der Waals surface area contributed by atoms with Crippen molar-refractivity contribution in [2.45, 2.75) is 0 Å². The minimum atomic E-state index is -0.310. The fraction of sp³-hybridized carbons (Fsp3) is 0.222. The molecule has 0 aromatic heterocycles. The van der Waals surface area contributed by atoms with Gasteiger partial charge in [-0.25, -0.2) is 5.43 Å². The van der Waals surface area contributed by atoms with Crippen molar-refractivity contribution in [2.75, 3.05) is 33.2 Å². The average molecular weight is 359 g/mol. The summed E-state index contributed by atoms with van der Waals surface area (Å²) in [4.78, 5) is 11.8. The van der Waals surface area contributed by atoms with Crippen LogP contribution in [0.3, 0.4) is 0 Å². The van der Waals surface area contributed by atoms with Gasteiger partial charge in [-0.05, 0) is 36.4 Å². The van der Waals surface area contributed by atoms with Crippen LogP contribution < -0.4 is 25.0 Å². The maximum absolute atomic E-state index is 11.8. The third kappa shape index (κ3) is 5.04. The van der Waals surface area contributed by atoms with Crippen molar-refractivity contribution in [3.05, 3.63) is 42.0 Å². The Labute approximate surface area is 151 Å². The molecule has 138 valence electrons. The summed E-state index contributed by atoms with van der Waals surface area (Å²) < 4.78 is 15.2. The second kappa shape index (κ2) is 9.16. The lowest BCUT2D eigenvalue weighted by atomic mass is 10.2. The van der Waals surface area contributed by atoms with Gasteiger partial charge in [0.1, 0.15) is 5.75 Å². The molecule has 2 aromatic carbocycles. The monoisotopic (exact) mass is 359 g/mol. The molecule has 2 aromatic rings. The second-order valence-corrected chi connectivity index (χ2v) is 5.15. The first-order chi connectivity index (χ1) is 12.6. The number of phenols is 1. The van der Waals surface area contributed by atoms with Crippen LogP contribution in [0.2, 0.25) is 0 Å². The molecule has 0 saturated carbocycles. The van der Waals surface area contributed by atoms with E-state index in [1.54, 1.807) is 31.4 Å². The first-order valence-electron chi connectivity index (χ1n) is 7.72. The van der Waals surface area contributed by atoms with E-state index in [-0.39, 0.29) is 29.7 Å². The smallest absolute Gasteiger partial charge is 0.259 e. The Morgan fingerprint density at radius 2 is 1.69 bits per heavy atom. The molecular weight excluding hydrogens is 338 g/mol. The van der Waals surface area contributed by atoms with Crippen LogP contribution in [0, 0.1) is 0 Å². The molecule has 26 heavy (non-hydrogen) atoms. The maximum atomic E-state index is 11.8. The van der Waals surface area contributed by atoms with Crippen LogP contribution in [0.15, 0.2) is 41.5 Å². The Bertz CT molecular complexity index is 750. The van der Waals surface area contributed by atoms with Crippen LogP contribution >= 0.6 is 0 Å². The molecule has 0 heterocycles. The fourth-order valence-electron chi connectivity index (χ4n) is 2.10. The minimum Gasteiger partial charge on any atom is -0.502 e. The summed E-state index contributed by atoms with van der Waals surface area (Å²) in [6.45, 7) is 0.0614. The highest BCUT2D eigenvalue weighted by Crippen LogP contribution is 2.36. The van der Waals surface area contributed by atoms with Crippen molar-refractivity contribution in [1.29, 1.82) is 0 Å². The van der Waals surface area contributed by atoms with Gasteiger partial charge in [-0.2, -0.15) is 5.10 Å². The van der Waals surface area contributed by atoms with Crippen LogP contribution in [0.5, 0.6) is 23.0 Å². The number of hydrogen-bond acceptors (Lipinski definition) is 7. The van der Waals surface area contributed by atoms with Crippen molar-refractivity contribution in [3.8, 4) is 23.0 Å². The summed E-state index contributed by atoms with van der Waals surface area (Å²) in [5.74, 6) is 0.829. The quantitative estimate of drug-likeness (QED) is 0.492. The van der Waals surface area contributed by atoms with Crippen LogP contribution in [0.4, 0.5) is 5.69 Å². The average Bonchev–Trinajstić information content (AvgIpc) is 2.67. The van der Waals surface area contributed by atoms with E-state index < -0.39 is 0 Å². The zero-order chi connectivity index (χ0) is 18.9. The number of methoxy groups -OCH3 is 3. The van der Waals surface area contributed by atoms with E-state index in [4.69, 9.17) is 14.2 Å². The van der Waals surface area contributed by atoms with Gasteiger partial charge in [-0.15, -0.1) is 0 Å². The minimum absolute atomic E-state index is 0.0614. The molecule has 3 N–H and O–H groups in total. The number of nitrogens with zero attached hydrogens (tertiary/aromatic N) is 1. The van der Waals surface area contributed by atoms with E-state index in [9.17, 15) is 9.90 Å². The third-order valence-corrected chi connectivity index (χ3v) is 3.45. The number of ether oxygens (including phenoxy) is 3. The fourth-order valence-corrected chi connectivity index (χ4v) is 2.10. The number of hydrazone groups is 1. The van der Waals surface area contributed by atoms with Gasteiger partial charge >= 0.3 is 0 Å². The number of hydrogen-bond donors (Lipinski definition) is 3. The predicted octanol–water partition coefficient (Wildman–Crippen LogP) is 1.98. The summed E-state index contributed by atoms with van der Waals surface area (Å²) in [7, 11) is 4.46. The molecule has 0 saturated heterocycles. The number of anilines is 1. The zero-order valence-corrected chi connectivity index (χ0v) is 14.8. The van der Waals surface area contributed by atoms with E-state index in [2.05, 4.69) is 15.8 Å². The summed E-state index contributed by atoms with van der Waals surface area (Å²) in [5.41, 5.74) is 3.80. The van der Waals surface area contributed by atoms with E-state index in [0.29, 0.717) is 5.56 Å². The number of aromatic hydroxyl groups is 1. The Morgan fingerprint density at radius 1 is 1.08 bits per heavy atom. The number of carbonyl (C=O) groups is 1. The first kappa shape index (κ1) is 18.9. The van der Waals surface area contributed by atoms with Crippen molar-refractivity contribution in [3.63, 3.8) is 0 Å². The van der Waals surface area contributed by atoms with Crippen molar-refractivity contribution >= 4 is 17.8 Å². The summed E-state index contributed by atoms with van der Waals surface area (Å²) in [5, 5.41) is 16.7.